The summed E-state index contributed by atoms with van der Waals surface area (Å²) in [6, 6.07) is 6.39. The second-order valence-corrected chi connectivity index (χ2v) is 4.18. The lowest BCUT2D eigenvalue weighted by atomic mass is 10.2. The number of rotatable bonds is 5. The monoisotopic (exact) mass is 287 g/mol. The van der Waals surface area contributed by atoms with Crippen LogP contribution in [0.15, 0.2) is 42.7 Å². The fourth-order valence-corrected chi connectivity index (χ4v) is 1.81. The molecule has 0 spiro atoms. The molecular weight excluding hydrogens is 273 g/mol. The van der Waals surface area contributed by atoms with Crippen molar-refractivity contribution in [2.45, 2.75) is 6.92 Å². The second kappa shape index (κ2) is 6.60. The van der Waals surface area contributed by atoms with E-state index in [9.17, 15) is 9.18 Å². The van der Waals surface area contributed by atoms with Gasteiger partial charge in [-0.2, -0.15) is 0 Å². The number of benzene rings is 1. The van der Waals surface area contributed by atoms with Gasteiger partial charge < -0.3 is 10.0 Å². The first-order valence-corrected chi connectivity index (χ1v) is 6.37. The van der Waals surface area contributed by atoms with Gasteiger partial charge in [-0.15, -0.1) is 0 Å². The molecule has 1 N–H and O–H groups in total. The average Bonchev–Trinajstić information content (AvgIpc) is 2.49. The molecule has 5 nitrogen and oxygen atoms in total. The first kappa shape index (κ1) is 14.6. The van der Waals surface area contributed by atoms with Crippen LogP contribution in [-0.2, 0) is 4.79 Å². The van der Waals surface area contributed by atoms with Crippen molar-refractivity contribution >= 4 is 23.7 Å². The van der Waals surface area contributed by atoms with Crippen LogP contribution in [0.4, 0.5) is 16.0 Å². The molecule has 21 heavy (non-hydrogen) atoms. The van der Waals surface area contributed by atoms with Crippen LogP contribution in [0.2, 0.25) is 0 Å². The Morgan fingerprint density at radius 3 is 2.57 bits per heavy atom. The summed E-state index contributed by atoms with van der Waals surface area (Å²) < 4.78 is 13.8. The second-order valence-electron chi connectivity index (χ2n) is 4.18. The number of nitrogens with zero attached hydrogens (tertiary/aromatic N) is 3. The maximum atomic E-state index is 13.8. The van der Waals surface area contributed by atoms with E-state index in [1.165, 1.54) is 24.5 Å². The Morgan fingerprint density at radius 2 is 2.00 bits per heavy atom. The van der Waals surface area contributed by atoms with E-state index >= 15 is 0 Å². The average molecular weight is 287 g/mol. The molecule has 0 atom stereocenters. The Kier molecular flexibility index (Phi) is 4.61. The summed E-state index contributed by atoms with van der Waals surface area (Å²) in [5, 5.41) is 8.56. The summed E-state index contributed by atoms with van der Waals surface area (Å²) in [5.41, 5.74) is 0.958. The van der Waals surface area contributed by atoms with Crippen molar-refractivity contribution in [1.29, 1.82) is 0 Å². The van der Waals surface area contributed by atoms with E-state index in [0.29, 0.717) is 23.7 Å². The van der Waals surface area contributed by atoms with Crippen LogP contribution in [-0.4, -0.2) is 27.6 Å². The highest BCUT2D eigenvalue weighted by molar-refractivity contribution is 5.85. The van der Waals surface area contributed by atoms with Gasteiger partial charge >= 0.3 is 5.97 Å². The zero-order chi connectivity index (χ0) is 15.2. The standard InChI is InChI=1S/C15H14FN3O2/c1-2-19(13-6-4-3-5-12(13)16)15-17-9-11(10-18-15)7-8-14(20)21/h3-10H,2H2,1H3,(H,20,21)/b8-7+. The molecule has 1 aromatic carbocycles. The Balaban J connectivity index is 2.28. The summed E-state index contributed by atoms with van der Waals surface area (Å²) in [6.07, 6.45) is 5.38. The van der Waals surface area contributed by atoms with Gasteiger partial charge in [-0.25, -0.2) is 19.2 Å². The highest BCUT2D eigenvalue weighted by Crippen LogP contribution is 2.24. The van der Waals surface area contributed by atoms with Crippen LogP contribution < -0.4 is 4.90 Å². The lowest BCUT2D eigenvalue weighted by Gasteiger charge is -2.21. The molecule has 2 aromatic rings. The number of para-hydroxylation sites is 1. The zero-order valence-corrected chi connectivity index (χ0v) is 11.4. The predicted molar refractivity (Wildman–Crippen MR) is 77.8 cm³/mol. The highest BCUT2D eigenvalue weighted by Gasteiger charge is 2.13. The summed E-state index contributed by atoms with van der Waals surface area (Å²) >= 11 is 0. The zero-order valence-electron chi connectivity index (χ0n) is 11.4. The van der Waals surface area contributed by atoms with Crippen molar-refractivity contribution in [2.75, 3.05) is 11.4 Å². The van der Waals surface area contributed by atoms with Crippen molar-refractivity contribution in [3.63, 3.8) is 0 Å². The molecule has 2 rings (SSSR count). The van der Waals surface area contributed by atoms with E-state index in [-0.39, 0.29) is 5.82 Å². The predicted octanol–water partition coefficient (Wildman–Crippen LogP) is 2.87. The molecule has 1 aromatic heterocycles. The van der Waals surface area contributed by atoms with E-state index in [0.717, 1.165) is 6.08 Å². The first-order valence-electron chi connectivity index (χ1n) is 6.37. The molecule has 0 radical (unpaired) electrons. The number of carboxylic acids is 1. The topological polar surface area (TPSA) is 66.3 Å². The largest absolute Gasteiger partial charge is 0.478 e. The summed E-state index contributed by atoms with van der Waals surface area (Å²) in [6.45, 7) is 2.37. The minimum Gasteiger partial charge on any atom is -0.478 e. The molecule has 108 valence electrons. The molecule has 0 saturated carbocycles. The summed E-state index contributed by atoms with van der Waals surface area (Å²) in [4.78, 5) is 20.4. The number of aliphatic carboxylic acids is 1. The van der Waals surface area contributed by atoms with Gasteiger partial charge in [-0.3, -0.25) is 0 Å². The third-order valence-corrected chi connectivity index (χ3v) is 2.78. The normalized spacial score (nSPS) is 10.8. The maximum absolute atomic E-state index is 13.8. The van der Waals surface area contributed by atoms with Gasteiger partial charge in [0.15, 0.2) is 0 Å². The van der Waals surface area contributed by atoms with E-state index in [1.54, 1.807) is 23.1 Å². The number of carboxylic acid groups (broad SMARTS) is 1. The SMILES string of the molecule is CCN(c1ncc(/C=C/C(=O)O)cn1)c1ccccc1F. The molecular formula is C15H14FN3O2. The lowest BCUT2D eigenvalue weighted by Crippen LogP contribution is -2.19. The Hall–Kier alpha value is -2.76. The number of anilines is 2. The molecule has 0 unspecified atom stereocenters. The van der Waals surface area contributed by atoms with Gasteiger partial charge in [0.05, 0.1) is 5.69 Å². The molecule has 0 amide bonds. The van der Waals surface area contributed by atoms with Crippen LogP contribution in [0, 0.1) is 5.82 Å². The molecule has 0 bridgehead atoms. The molecule has 0 aliphatic carbocycles. The molecule has 0 saturated heterocycles. The molecule has 6 heteroatoms. The smallest absolute Gasteiger partial charge is 0.328 e. The summed E-state index contributed by atoms with van der Waals surface area (Å²) in [5.74, 6) is -1.03. The lowest BCUT2D eigenvalue weighted by molar-refractivity contribution is -0.131. The third kappa shape index (κ3) is 3.62. The van der Waals surface area contributed by atoms with Crippen molar-refractivity contribution in [1.82, 2.24) is 9.97 Å². The van der Waals surface area contributed by atoms with E-state index in [4.69, 9.17) is 5.11 Å². The van der Waals surface area contributed by atoms with Crippen molar-refractivity contribution in [2.24, 2.45) is 0 Å². The van der Waals surface area contributed by atoms with Crippen molar-refractivity contribution < 1.29 is 14.3 Å². The first-order chi connectivity index (χ1) is 10.1. The van der Waals surface area contributed by atoms with Crippen LogP contribution in [0.5, 0.6) is 0 Å². The van der Waals surface area contributed by atoms with Gasteiger partial charge in [-0.05, 0) is 25.1 Å². The van der Waals surface area contributed by atoms with Crippen LogP contribution in [0.25, 0.3) is 6.08 Å². The quantitative estimate of drug-likeness (QED) is 0.856. The van der Waals surface area contributed by atoms with Crippen LogP contribution in [0.1, 0.15) is 12.5 Å². The van der Waals surface area contributed by atoms with Crippen LogP contribution >= 0.6 is 0 Å². The number of halogens is 1. The number of hydrogen-bond donors (Lipinski definition) is 1. The van der Waals surface area contributed by atoms with E-state index in [2.05, 4.69) is 9.97 Å². The number of carbonyl (C=O) groups is 1. The van der Waals surface area contributed by atoms with Crippen molar-refractivity contribution in [3.05, 3.63) is 54.1 Å². The number of aromatic nitrogens is 2. The molecule has 0 aliphatic heterocycles. The van der Waals surface area contributed by atoms with Gasteiger partial charge in [0.1, 0.15) is 5.82 Å². The fourth-order valence-electron chi connectivity index (χ4n) is 1.81. The Morgan fingerprint density at radius 1 is 1.33 bits per heavy atom. The fraction of sp³-hybridized carbons (Fsp3) is 0.133. The van der Waals surface area contributed by atoms with Gasteiger partial charge in [0.2, 0.25) is 5.95 Å². The summed E-state index contributed by atoms with van der Waals surface area (Å²) in [7, 11) is 0. The minimum absolute atomic E-state index is 0.349. The molecule has 0 aliphatic rings. The highest BCUT2D eigenvalue weighted by atomic mass is 19.1. The molecule has 1 heterocycles. The van der Waals surface area contributed by atoms with E-state index < -0.39 is 5.97 Å². The Bertz CT molecular complexity index is 656. The Labute approximate surface area is 121 Å². The van der Waals surface area contributed by atoms with Gasteiger partial charge in [0.25, 0.3) is 0 Å². The molecule has 0 fully saturated rings. The maximum Gasteiger partial charge on any atom is 0.328 e. The third-order valence-electron chi connectivity index (χ3n) is 2.78. The van der Waals surface area contributed by atoms with Crippen molar-refractivity contribution in [3.8, 4) is 0 Å². The number of hydrogen-bond acceptors (Lipinski definition) is 4. The van der Waals surface area contributed by atoms with E-state index in [1.807, 2.05) is 6.92 Å². The van der Waals surface area contributed by atoms with Gasteiger partial charge in [-0.1, -0.05) is 12.1 Å². The minimum atomic E-state index is -1.04. The van der Waals surface area contributed by atoms with Crippen LogP contribution in [0.3, 0.4) is 0 Å². The van der Waals surface area contributed by atoms with Gasteiger partial charge in [0, 0.05) is 30.6 Å².